The maximum Gasteiger partial charge on any atom is 0.104 e. The topological polar surface area (TPSA) is 50.4 Å². The van der Waals surface area contributed by atoms with Gasteiger partial charge >= 0.3 is 0 Å². The Bertz CT molecular complexity index is 570. The molecule has 3 N–H and O–H groups in total. The van der Waals surface area contributed by atoms with Crippen LogP contribution in [0.3, 0.4) is 0 Å². The number of fused-ring (bicyclic) bond motifs is 1. The number of nitrogens with one attached hydrogen (secondary N) is 1. The van der Waals surface area contributed by atoms with Crippen molar-refractivity contribution in [2.45, 2.75) is 32.1 Å². The Morgan fingerprint density at radius 1 is 1.30 bits per heavy atom. The van der Waals surface area contributed by atoms with E-state index in [4.69, 9.17) is 28.9 Å². The fourth-order valence-corrected chi connectivity index (χ4v) is 3.73. The number of nitrogens with zero attached hydrogens (tertiary/aromatic N) is 1. The molecule has 6 heteroatoms. The molecule has 0 saturated heterocycles. The van der Waals surface area contributed by atoms with Crippen molar-refractivity contribution in [1.29, 1.82) is 0 Å². The van der Waals surface area contributed by atoms with E-state index in [9.17, 15) is 0 Å². The lowest BCUT2D eigenvalue weighted by atomic mass is 9.79. The molecule has 1 unspecified atom stereocenters. The Labute approximate surface area is 135 Å². The summed E-state index contributed by atoms with van der Waals surface area (Å²) in [6.07, 6.45) is 3.18. The molecule has 1 heterocycles. The van der Waals surface area contributed by atoms with Crippen molar-refractivity contribution < 1.29 is 0 Å². The highest BCUT2D eigenvalue weighted by Crippen LogP contribution is 2.44. The maximum absolute atomic E-state index is 6.39. The lowest BCUT2D eigenvalue weighted by Gasteiger charge is -2.29. The molecule has 0 radical (unpaired) electrons. The molecular weight excluding hydrogens is 317 g/mol. The van der Waals surface area contributed by atoms with Crippen molar-refractivity contribution in [3.8, 4) is 0 Å². The highest BCUT2D eigenvalue weighted by atomic mass is 35.5. The van der Waals surface area contributed by atoms with Gasteiger partial charge in [0, 0.05) is 12.5 Å². The van der Waals surface area contributed by atoms with Gasteiger partial charge in [0.15, 0.2) is 0 Å². The smallest absolute Gasteiger partial charge is 0.104 e. The SMILES string of the molecule is Cc1c(Cl)c(N)c(Cl)c2c1C(C1=NCCN1)CCC2.Cl. The molecule has 0 amide bonds. The second-order valence-electron chi connectivity index (χ2n) is 5.20. The first-order valence-corrected chi connectivity index (χ1v) is 7.41. The Kier molecular flexibility index (Phi) is 4.73. The van der Waals surface area contributed by atoms with Crippen LogP contribution < -0.4 is 11.1 Å². The van der Waals surface area contributed by atoms with Crippen LogP contribution in [0.25, 0.3) is 0 Å². The van der Waals surface area contributed by atoms with E-state index < -0.39 is 0 Å². The number of amidine groups is 1. The van der Waals surface area contributed by atoms with Crippen LogP contribution in [0.5, 0.6) is 0 Å². The fraction of sp³-hybridized carbons (Fsp3) is 0.500. The molecule has 3 rings (SSSR count). The molecule has 1 atom stereocenters. The van der Waals surface area contributed by atoms with E-state index in [1.54, 1.807) is 0 Å². The van der Waals surface area contributed by atoms with Crippen molar-refractivity contribution >= 4 is 47.1 Å². The zero-order chi connectivity index (χ0) is 13.6. The van der Waals surface area contributed by atoms with Crippen molar-refractivity contribution in [2.24, 2.45) is 4.99 Å². The molecule has 20 heavy (non-hydrogen) atoms. The minimum atomic E-state index is 0. The van der Waals surface area contributed by atoms with Gasteiger partial charge in [-0.3, -0.25) is 4.99 Å². The van der Waals surface area contributed by atoms with E-state index in [0.29, 0.717) is 21.7 Å². The molecule has 1 aliphatic carbocycles. The molecular formula is C14H18Cl3N3. The molecule has 0 aromatic heterocycles. The minimum absolute atomic E-state index is 0. The molecule has 3 nitrogen and oxygen atoms in total. The van der Waals surface area contributed by atoms with Gasteiger partial charge in [-0.25, -0.2) is 0 Å². The van der Waals surface area contributed by atoms with Crippen molar-refractivity contribution in [1.82, 2.24) is 5.32 Å². The third-order valence-electron chi connectivity index (χ3n) is 4.09. The normalized spacial score (nSPS) is 20.8. The zero-order valence-electron chi connectivity index (χ0n) is 11.3. The summed E-state index contributed by atoms with van der Waals surface area (Å²) in [7, 11) is 0. The van der Waals surface area contributed by atoms with Crippen LogP contribution in [0, 0.1) is 6.92 Å². The van der Waals surface area contributed by atoms with Crippen LogP contribution >= 0.6 is 35.6 Å². The number of hydrogen-bond donors (Lipinski definition) is 2. The van der Waals surface area contributed by atoms with Gasteiger partial charge in [0.2, 0.25) is 0 Å². The van der Waals surface area contributed by atoms with Gasteiger partial charge < -0.3 is 11.1 Å². The van der Waals surface area contributed by atoms with Crippen LogP contribution in [0.2, 0.25) is 10.0 Å². The lowest BCUT2D eigenvalue weighted by molar-refractivity contribution is 0.638. The molecule has 1 aromatic carbocycles. The Hall–Kier alpha value is -0.640. The van der Waals surface area contributed by atoms with Crippen molar-refractivity contribution in [3.05, 3.63) is 26.7 Å². The molecule has 0 bridgehead atoms. The van der Waals surface area contributed by atoms with Crippen LogP contribution in [0.4, 0.5) is 5.69 Å². The zero-order valence-corrected chi connectivity index (χ0v) is 13.6. The van der Waals surface area contributed by atoms with Gasteiger partial charge in [0.05, 0.1) is 22.3 Å². The summed E-state index contributed by atoms with van der Waals surface area (Å²) in [5, 5.41) is 4.61. The first kappa shape index (κ1) is 15.7. The fourth-order valence-electron chi connectivity index (χ4n) is 3.19. The quantitative estimate of drug-likeness (QED) is 0.769. The predicted molar refractivity (Wildman–Crippen MR) is 88.8 cm³/mol. The Morgan fingerprint density at radius 2 is 2.05 bits per heavy atom. The average Bonchev–Trinajstić information content (AvgIpc) is 2.96. The third kappa shape index (κ3) is 2.36. The Balaban J connectivity index is 0.00000147. The molecule has 0 spiro atoms. The van der Waals surface area contributed by atoms with Gasteiger partial charge in [0.25, 0.3) is 0 Å². The van der Waals surface area contributed by atoms with Crippen LogP contribution in [0.1, 0.15) is 35.4 Å². The van der Waals surface area contributed by atoms with E-state index in [1.807, 2.05) is 6.92 Å². The van der Waals surface area contributed by atoms with E-state index in [1.165, 1.54) is 5.56 Å². The summed E-state index contributed by atoms with van der Waals surface area (Å²) in [5.41, 5.74) is 9.97. The van der Waals surface area contributed by atoms with E-state index in [0.717, 1.165) is 49.3 Å². The van der Waals surface area contributed by atoms with Gasteiger partial charge in [-0.1, -0.05) is 23.2 Å². The van der Waals surface area contributed by atoms with Crippen LogP contribution in [-0.2, 0) is 6.42 Å². The predicted octanol–water partition coefficient (Wildman–Crippen LogP) is 3.73. The highest BCUT2D eigenvalue weighted by molar-refractivity contribution is 6.40. The first-order chi connectivity index (χ1) is 9.11. The standard InChI is InChI=1S/C14H17Cl2N3.ClH/c1-7-10-8(12(16)13(17)11(7)15)3-2-4-9(10)14-18-5-6-19-14;/h9H,2-6,17H2,1H3,(H,18,19);1H. The first-order valence-electron chi connectivity index (χ1n) is 6.65. The summed E-state index contributed by atoms with van der Waals surface area (Å²) in [5.74, 6) is 1.38. The van der Waals surface area contributed by atoms with Gasteiger partial charge in [-0.15, -0.1) is 12.4 Å². The number of benzene rings is 1. The molecule has 1 aromatic rings. The van der Waals surface area contributed by atoms with Crippen molar-refractivity contribution in [2.75, 3.05) is 18.8 Å². The third-order valence-corrected chi connectivity index (χ3v) is 5.01. The molecule has 0 saturated carbocycles. The van der Waals surface area contributed by atoms with Crippen LogP contribution in [-0.4, -0.2) is 18.9 Å². The van der Waals surface area contributed by atoms with Crippen molar-refractivity contribution in [3.63, 3.8) is 0 Å². The van der Waals surface area contributed by atoms with Gasteiger partial charge in [0.1, 0.15) is 5.84 Å². The number of halogens is 3. The van der Waals surface area contributed by atoms with Gasteiger partial charge in [-0.05, 0) is 42.9 Å². The summed E-state index contributed by atoms with van der Waals surface area (Å²) in [6, 6.07) is 0. The summed E-state index contributed by atoms with van der Waals surface area (Å²) >= 11 is 12.7. The maximum atomic E-state index is 6.39. The van der Waals surface area contributed by atoms with E-state index in [2.05, 4.69) is 10.3 Å². The Morgan fingerprint density at radius 3 is 2.70 bits per heavy atom. The molecule has 110 valence electrons. The monoisotopic (exact) mass is 333 g/mol. The summed E-state index contributed by atoms with van der Waals surface area (Å²) in [4.78, 5) is 4.57. The second kappa shape index (κ2) is 6.00. The average molecular weight is 335 g/mol. The highest BCUT2D eigenvalue weighted by Gasteiger charge is 2.31. The number of aliphatic imine (C=N–C) groups is 1. The summed E-state index contributed by atoms with van der Waals surface area (Å²) in [6.45, 7) is 3.81. The lowest BCUT2D eigenvalue weighted by Crippen LogP contribution is -2.29. The number of hydrogen-bond acceptors (Lipinski definition) is 3. The number of anilines is 1. The molecule has 2 aliphatic rings. The number of nitrogen functional groups attached to an aromatic ring is 1. The molecule has 0 fully saturated rings. The van der Waals surface area contributed by atoms with Gasteiger partial charge in [-0.2, -0.15) is 0 Å². The number of nitrogens with two attached hydrogens (primary N) is 1. The summed E-state index contributed by atoms with van der Waals surface area (Å²) < 4.78 is 0. The minimum Gasteiger partial charge on any atom is -0.396 e. The van der Waals surface area contributed by atoms with E-state index >= 15 is 0 Å². The molecule has 1 aliphatic heterocycles. The van der Waals surface area contributed by atoms with Crippen LogP contribution in [0.15, 0.2) is 4.99 Å². The number of rotatable bonds is 1. The van der Waals surface area contributed by atoms with E-state index in [-0.39, 0.29) is 12.4 Å². The largest absolute Gasteiger partial charge is 0.396 e. The second-order valence-corrected chi connectivity index (χ2v) is 5.95.